The summed E-state index contributed by atoms with van der Waals surface area (Å²) < 4.78 is 6.67. The summed E-state index contributed by atoms with van der Waals surface area (Å²) in [6.07, 6.45) is 1.91. The normalized spacial score (nSPS) is 12.7. The molecule has 3 aromatic rings. The third-order valence-electron chi connectivity index (χ3n) is 5.27. The fraction of sp³-hybridized carbons (Fsp3) is 0.208. The van der Waals surface area contributed by atoms with Gasteiger partial charge in [-0.25, -0.2) is 0 Å². The molecule has 0 spiro atoms. The van der Waals surface area contributed by atoms with Crippen molar-refractivity contribution < 1.29 is 9.32 Å². The molecular weight excluding hydrogens is 351 g/mol. The second-order valence-corrected chi connectivity index (χ2v) is 11.5. The van der Waals surface area contributed by atoms with Crippen molar-refractivity contribution in [3.63, 3.8) is 0 Å². The van der Waals surface area contributed by atoms with Crippen LogP contribution in [-0.4, -0.2) is 12.1 Å². The molecule has 27 heavy (non-hydrogen) atoms. The molecule has 3 heteroatoms. The molecule has 0 amide bonds. The maximum atomic E-state index is 13.0. The second-order valence-electron chi connectivity index (χ2n) is 6.75. The summed E-state index contributed by atoms with van der Waals surface area (Å²) in [4.78, 5) is 13.0. The van der Waals surface area contributed by atoms with Gasteiger partial charge in [0.15, 0.2) is 0 Å². The molecule has 0 saturated heterocycles. The summed E-state index contributed by atoms with van der Waals surface area (Å²) >= 11 is 0. The van der Waals surface area contributed by atoms with Gasteiger partial charge in [0.05, 0.1) is 0 Å². The summed E-state index contributed by atoms with van der Waals surface area (Å²) in [6.45, 7) is 0.741. The number of hydrogen-bond acceptors (Lipinski definition) is 2. The fourth-order valence-corrected chi connectivity index (χ4v) is 9.31. The Morgan fingerprint density at radius 3 is 1.37 bits per heavy atom. The van der Waals surface area contributed by atoms with Crippen molar-refractivity contribution in [1.82, 2.24) is 0 Å². The van der Waals surface area contributed by atoms with Crippen LogP contribution in [0.1, 0.15) is 26.7 Å². The van der Waals surface area contributed by atoms with Gasteiger partial charge in [0.2, 0.25) is 0 Å². The SMILES string of the molecule is CCCC(=O)OP(CC)(c1ccccc1)(c1ccccc1)c1ccccc1. The summed E-state index contributed by atoms with van der Waals surface area (Å²) in [5.74, 6) is -0.131. The Morgan fingerprint density at radius 2 is 1.07 bits per heavy atom. The molecule has 0 atom stereocenters. The van der Waals surface area contributed by atoms with Gasteiger partial charge in [-0.2, -0.15) is 0 Å². The topological polar surface area (TPSA) is 26.3 Å². The third-order valence-corrected chi connectivity index (χ3v) is 11.3. The summed E-state index contributed by atoms with van der Waals surface area (Å²) in [5, 5.41) is 3.27. The third kappa shape index (κ3) is 3.19. The van der Waals surface area contributed by atoms with Crippen molar-refractivity contribution in [1.29, 1.82) is 0 Å². The van der Waals surface area contributed by atoms with Gasteiger partial charge in [0.25, 0.3) is 0 Å². The van der Waals surface area contributed by atoms with Gasteiger partial charge in [-0.15, -0.1) is 0 Å². The van der Waals surface area contributed by atoms with Gasteiger partial charge in [0.1, 0.15) is 0 Å². The molecule has 0 saturated carbocycles. The monoisotopic (exact) mass is 378 g/mol. The first-order chi connectivity index (χ1) is 13.2. The molecule has 3 rings (SSSR count). The standard InChI is InChI=1S/C24H27O2P/c1-3-14-24(25)26-27(4-2,21-15-8-5-9-16-21,22-17-10-6-11-18-22)23-19-12-7-13-20-23/h5-13,15-20H,3-4,14H2,1-2H3. The quantitative estimate of drug-likeness (QED) is 0.553. The van der Waals surface area contributed by atoms with Crippen LogP contribution in [0.25, 0.3) is 0 Å². The van der Waals surface area contributed by atoms with Crippen molar-refractivity contribution in [3.8, 4) is 0 Å². The van der Waals surface area contributed by atoms with Crippen LogP contribution in [0, 0.1) is 0 Å². The van der Waals surface area contributed by atoms with Gasteiger partial charge < -0.3 is 0 Å². The summed E-state index contributed by atoms with van der Waals surface area (Å²) in [5.41, 5.74) is 0. The average molecular weight is 378 g/mol. The molecule has 0 aromatic heterocycles. The summed E-state index contributed by atoms with van der Waals surface area (Å²) in [7, 11) is 0. The van der Waals surface area contributed by atoms with E-state index in [9.17, 15) is 4.79 Å². The number of hydrogen-bond donors (Lipinski definition) is 0. The van der Waals surface area contributed by atoms with Crippen LogP contribution in [0.2, 0.25) is 0 Å². The van der Waals surface area contributed by atoms with E-state index < -0.39 is 6.83 Å². The van der Waals surface area contributed by atoms with E-state index in [2.05, 4.69) is 43.3 Å². The van der Waals surface area contributed by atoms with E-state index in [0.717, 1.165) is 28.5 Å². The molecule has 0 radical (unpaired) electrons. The molecule has 0 aliphatic rings. The van der Waals surface area contributed by atoms with Crippen LogP contribution in [0.15, 0.2) is 91.0 Å². The van der Waals surface area contributed by atoms with Crippen molar-refractivity contribution in [2.45, 2.75) is 26.7 Å². The van der Waals surface area contributed by atoms with Crippen molar-refractivity contribution in [2.24, 2.45) is 0 Å². The number of benzene rings is 3. The Kier molecular flexibility index (Phi) is 5.77. The first-order valence-electron chi connectivity index (χ1n) is 9.58. The predicted molar refractivity (Wildman–Crippen MR) is 117 cm³/mol. The van der Waals surface area contributed by atoms with Crippen LogP contribution in [-0.2, 0) is 9.32 Å². The van der Waals surface area contributed by atoms with Crippen LogP contribution in [0.3, 0.4) is 0 Å². The zero-order valence-electron chi connectivity index (χ0n) is 16.0. The molecule has 140 valence electrons. The number of rotatable bonds is 7. The fourth-order valence-electron chi connectivity index (χ4n) is 3.92. The molecule has 3 aromatic carbocycles. The van der Waals surface area contributed by atoms with Gasteiger partial charge in [-0.1, -0.05) is 0 Å². The van der Waals surface area contributed by atoms with E-state index in [4.69, 9.17) is 4.52 Å². The molecule has 0 bridgehead atoms. The first-order valence-corrected chi connectivity index (χ1v) is 11.9. The number of carbonyl (C=O) groups is 1. The van der Waals surface area contributed by atoms with Crippen LogP contribution < -0.4 is 15.9 Å². The zero-order valence-corrected chi connectivity index (χ0v) is 16.9. The van der Waals surface area contributed by atoms with Crippen LogP contribution in [0.4, 0.5) is 0 Å². The zero-order chi connectivity index (χ0) is 19.2. The van der Waals surface area contributed by atoms with Crippen molar-refractivity contribution in [2.75, 3.05) is 6.16 Å². The van der Waals surface area contributed by atoms with Gasteiger partial charge in [0, 0.05) is 0 Å². The average Bonchev–Trinajstić information content (AvgIpc) is 2.74. The Bertz CT molecular complexity index is 777. The van der Waals surface area contributed by atoms with E-state index in [1.807, 2.05) is 61.5 Å². The van der Waals surface area contributed by atoms with E-state index >= 15 is 0 Å². The predicted octanol–water partition coefficient (Wildman–Crippen LogP) is 4.79. The molecular formula is C24H27O2P. The molecule has 2 nitrogen and oxygen atoms in total. The van der Waals surface area contributed by atoms with E-state index in [1.54, 1.807) is 0 Å². The van der Waals surface area contributed by atoms with Gasteiger partial charge in [-0.3, -0.25) is 0 Å². The van der Waals surface area contributed by atoms with Crippen LogP contribution >= 0.6 is 6.83 Å². The van der Waals surface area contributed by atoms with Gasteiger partial charge >= 0.3 is 162 Å². The minimum absolute atomic E-state index is 0.131. The number of carbonyl (C=O) groups excluding carboxylic acids is 1. The Morgan fingerprint density at radius 1 is 0.704 bits per heavy atom. The van der Waals surface area contributed by atoms with Crippen LogP contribution in [0.5, 0.6) is 0 Å². The maximum absolute atomic E-state index is 13.0. The molecule has 0 aliphatic carbocycles. The van der Waals surface area contributed by atoms with E-state index in [0.29, 0.717) is 6.42 Å². The van der Waals surface area contributed by atoms with Gasteiger partial charge in [-0.05, 0) is 0 Å². The Labute approximate surface area is 162 Å². The first kappa shape index (κ1) is 19.3. The van der Waals surface area contributed by atoms with Crippen molar-refractivity contribution >= 4 is 28.7 Å². The van der Waals surface area contributed by atoms with E-state index in [1.165, 1.54) is 0 Å². The molecule has 0 heterocycles. The molecule has 0 fully saturated rings. The minimum atomic E-state index is -3.41. The van der Waals surface area contributed by atoms with Crippen molar-refractivity contribution in [3.05, 3.63) is 91.0 Å². The Hall–Kier alpha value is -2.44. The summed E-state index contributed by atoms with van der Waals surface area (Å²) in [6, 6.07) is 30.9. The second kappa shape index (κ2) is 8.06. The Balaban J connectivity index is 2.43. The van der Waals surface area contributed by atoms with E-state index in [-0.39, 0.29) is 5.97 Å². The molecule has 0 N–H and O–H groups in total. The molecule has 0 unspecified atom stereocenters. The molecule has 0 aliphatic heterocycles.